The van der Waals surface area contributed by atoms with Gasteiger partial charge in [0.1, 0.15) is 0 Å². The Balaban J connectivity index is 1.55. The molecule has 1 aromatic heterocycles. The Hall–Kier alpha value is -1.18. The number of aromatic nitrogens is 1. The van der Waals surface area contributed by atoms with Crippen LogP contribution in [0.5, 0.6) is 0 Å². The van der Waals surface area contributed by atoms with E-state index in [4.69, 9.17) is 4.74 Å². The number of aliphatic imine (C=N–C) groups is 1. The van der Waals surface area contributed by atoms with Crippen LogP contribution in [-0.2, 0) is 17.7 Å². The lowest BCUT2D eigenvalue weighted by Gasteiger charge is -2.48. The molecule has 3 rings (SSSR count). The molecule has 1 aliphatic heterocycles. The van der Waals surface area contributed by atoms with Crippen molar-refractivity contribution in [1.82, 2.24) is 20.5 Å². The smallest absolute Gasteiger partial charge is 0.191 e. The third kappa shape index (κ3) is 4.96. The number of hydrogen-bond acceptors (Lipinski definition) is 5. The molecule has 2 aliphatic rings. The molecule has 0 unspecified atom stereocenters. The number of hydrogen-bond donors (Lipinski definition) is 2. The monoisotopic (exact) mass is 379 g/mol. The Bertz CT molecular complexity index is 576. The van der Waals surface area contributed by atoms with E-state index in [1.807, 2.05) is 7.05 Å². The molecule has 0 aromatic carbocycles. The number of nitrogens with zero attached hydrogens (tertiary/aromatic N) is 3. The number of guanidine groups is 1. The van der Waals surface area contributed by atoms with Crippen molar-refractivity contribution in [1.29, 1.82) is 0 Å². The Kier molecular flexibility index (Phi) is 7.28. The summed E-state index contributed by atoms with van der Waals surface area (Å²) < 4.78 is 5.58. The van der Waals surface area contributed by atoms with Gasteiger partial charge in [-0.2, -0.15) is 0 Å². The van der Waals surface area contributed by atoms with Gasteiger partial charge in [0.25, 0.3) is 0 Å². The SMILES string of the molecule is CCc1nc(CNC(=NC)NCC2(N3CCOCC3)CCCCC2)cs1. The van der Waals surface area contributed by atoms with E-state index < -0.39 is 0 Å². The van der Waals surface area contributed by atoms with Gasteiger partial charge in [-0.25, -0.2) is 4.98 Å². The largest absolute Gasteiger partial charge is 0.379 e. The highest BCUT2D eigenvalue weighted by Gasteiger charge is 2.38. The van der Waals surface area contributed by atoms with Crippen molar-refractivity contribution in [3.63, 3.8) is 0 Å². The molecule has 2 N–H and O–H groups in total. The molecule has 0 radical (unpaired) electrons. The minimum absolute atomic E-state index is 0.246. The normalized spacial score (nSPS) is 21.5. The fourth-order valence-corrected chi connectivity index (χ4v) is 4.83. The fourth-order valence-electron chi connectivity index (χ4n) is 4.09. The summed E-state index contributed by atoms with van der Waals surface area (Å²) in [6, 6.07) is 0. The van der Waals surface area contributed by atoms with Gasteiger partial charge in [-0.15, -0.1) is 11.3 Å². The number of aryl methyl sites for hydroxylation is 1. The summed E-state index contributed by atoms with van der Waals surface area (Å²) in [5.41, 5.74) is 1.34. The maximum atomic E-state index is 5.58. The summed E-state index contributed by atoms with van der Waals surface area (Å²) in [5.74, 6) is 0.870. The van der Waals surface area contributed by atoms with Crippen molar-refractivity contribution >= 4 is 17.3 Å². The maximum absolute atomic E-state index is 5.58. The second-order valence-corrected chi connectivity index (χ2v) is 8.19. The van der Waals surface area contributed by atoms with Crippen LogP contribution in [0.25, 0.3) is 0 Å². The minimum Gasteiger partial charge on any atom is -0.379 e. The molecule has 0 atom stereocenters. The lowest BCUT2D eigenvalue weighted by atomic mass is 9.80. The average molecular weight is 380 g/mol. The average Bonchev–Trinajstić information content (AvgIpc) is 3.18. The molecule has 0 bridgehead atoms. The van der Waals surface area contributed by atoms with E-state index in [0.29, 0.717) is 0 Å². The summed E-state index contributed by atoms with van der Waals surface area (Å²) >= 11 is 1.73. The van der Waals surface area contributed by atoms with Crippen LogP contribution in [0, 0.1) is 0 Å². The van der Waals surface area contributed by atoms with Crippen LogP contribution in [0.15, 0.2) is 10.4 Å². The molecule has 26 heavy (non-hydrogen) atoms. The first-order chi connectivity index (χ1) is 12.8. The molecular weight excluding hydrogens is 346 g/mol. The van der Waals surface area contributed by atoms with E-state index in [2.05, 4.69) is 37.8 Å². The van der Waals surface area contributed by atoms with E-state index in [1.165, 1.54) is 37.1 Å². The quantitative estimate of drug-likeness (QED) is 0.587. The van der Waals surface area contributed by atoms with Gasteiger partial charge in [0.05, 0.1) is 30.5 Å². The first kappa shape index (κ1) is 19.6. The van der Waals surface area contributed by atoms with Crippen LogP contribution >= 0.6 is 11.3 Å². The van der Waals surface area contributed by atoms with E-state index >= 15 is 0 Å². The van der Waals surface area contributed by atoms with Gasteiger partial charge in [0, 0.05) is 37.6 Å². The first-order valence-corrected chi connectivity index (χ1v) is 10.8. The highest BCUT2D eigenvalue weighted by molar-refractivity contribution is 7.09. The molecular formula is C19H33N5OS. The van der Waals surface area contributed by atoms with Gasteiger partial charge in [-0.05, 0) is 19.3 Å². The van der Waals surface area contributed by atoms with E-state index in [9.17, 15) is 0 Å². The molecule has 1 aromatic rings. The van der Waals surface area contributed by atoms with Gasteiger partial charge in [0.15, 0.2) is 5.96 Å². The molecule has 2 heterocycles. The lowest BCUT2D eigenvalue weighted by molar-refractivity contribution is -0.0352. The topological polar surface area (TPSA) is 61.8 Å². The van der Waals surface area contributed by atoms with Gasteiger partial charge in [-0.1, -0.05) is 26.2 Å². The van der Waals surface area contributed by atoms with Gasteiger partial charge >= 0.3 is 0 Å². The predicted molar refractivity (Wildman–Crippen MR) is 108 cm³/mol. The second kappa shape index (κ2) is 9.67. The van der Waals surface area contributed by atoms with Crippen LogP contribution in [0.3, 0.4) is 0 Å². The van der Waals surface area contributed by atoms with E-state index in [-0.39, 0.29) is 5.54 Å². The van der Waals surface area contributed by atoms with E-state index in [0.717, 1.165) is 57.5 Å². The zero-order valence-electron chi connectivity index (χ0n) is 16.2. The first-order valence-electron chi connectivity index (χ1n) is 9.96. The molecule has 146 valence electrons. The number of morpholine rings is 1. The summed E-state index contributed by atoms with van der Waals surface area (Å²) in [7, 11) is 1.84. The highest BCUT2D eigenvalue weighted by Crippen LogP contribution is 2.33. The van der Waals surface area contributed by atoms with Crippen molar-refractivity contribution in [2.24, 2.45) is 4.99 Å². The minimum atomic E-state index is 0.246. The molecule has 1 saturated heterocycles. The van der Waals surface area contributed by atoms with Crippen LogP contribution in [0.4, 0.5) is 0 Å². The summed E-state index contributed by atoms with van der Waals surface area (Å²) in [5, 5.41) is 10.4. The summed E-state index contributed by atoms with van der Waals surface area (Å²) in [6.45, 7) is 7.63. The molecule has 1 aliphatic carbocycles. The number of nitrogens with one attached hydrogen (secondary N) is 2. The maximum Gasteiger partial charge on any atom is 0.191 e. The van der Waals surface area contributed by atoms with Crippen LogP contribution in [0.1, 0.15) is 49.7 Å². The predicted octanol–water partition coefficient (Wildman–Crippen LogP) is 2.41. The lowest BCUT2D eigenvalue weighted by Crippen LogP contribution is -2.60. The van der Waals surface area contributed by atoms with Crippen molar-refractivity contribution in [3.8, 4) is 0 Å². The molecule has 6 nitrogen and oxygen atoms in total. The Morgan fingerprint density at radius 1 is 1.27 bits per heavy atom. The Labute approximate surface area is 161 Å². The van der Waals surface area contributed by atoms with Gasteiger partial charge in [0.2, 0.25) is 0 Å². The molecule has 0 spiro atoms. The summed E-state index contributed by atoms with van der Waals surface area (Å²) in [4.78, 5) is 11.7. The molecule has 1 saturated carbocycles. The Morgan fingerprint density at radius 2 is 2.04 bits per heavy atom. The van der Waals surface area contributed by atoms with Gasteiger partial charge in [-0.3, -0.25) is 9.89 Å². The number of rotatable bonds is 6. The molecule has 7 heteroatoms. The van der Waals surface area contributed by atoms with Crippen molar-refractivity contribution in [2.75, 3.05) is 39.9 Å². The van der Waals surface area contributed by atoms with Crippen LogP contribution < -0.4 is 10.6 Å². The second-order valence-electron chi connectivity index (χ2n) is 7.25. The van der Waals surface area contributed by atoms with Crippen molar-refractivity contribution < 1.29 is 4.74 Å². The number of thiazole rings is 1. The Morgan fingerprint density at radius 3 is 2.69 bits per heavy atom. The summed E-state index contributed by atoms with van der Waals surface area (Å²) in [6.07, 6.45) is 7.54. The van der Waals surface area contributed by atoms with E-state index in [1.54, 1.807) is 11.3 Å². The van der Waals surface area contributed by atoms with Gasteiger partial charge < -0.3 is 15.4 Å². The van der Waals surface area contributed by atoms with Crippen molar-refractivity contribution in [2.45, 2.75) is 57.5 Å². The third-order valence-corrected chi connectivity index (χ3v) is 6.66. The van der Waals surface area contributed by atoms with Crippen LogP contribution in [-0.4, -0.2) is 61.3 Å². The van der Waals surface area contributed by atoms with Crippen molar-refractivity contribution in [3.05, 3.63) is 16.1 Å². The molecule has 0 amide bonds. The zero-order chi connectivity index (χ0) is 18.2. The standard InChI is InChI=1S/C19H33N5OS/c1-3-17-23-16(14-26-17)13-21-18(20-2)22-15-19(7-5-4-6-8-19)24-9-11-25-12-10-24/h14H,3-13,15H2,1-2H3,(H2,20,21,22). The zero-order valence-corrected chi connectivity index (χ0v) is 17.0. The number of ether oxygens (including phenoxy) is 1. The fraction of sp³-hybridized carbons (Fsp3) is 0.789. The van der Waals surface area contributed by atoms with Crippen LogP contribution in [0.2, 0.25) is 0 Å². The highest BCUT2D eigenvalue weighted by atomic mass is 32.1. The molecule has 2 fully saturated rings. The third-order valence-electron chi connectivity index (χ3n) is 5.61.